The third-order valence-corrected chi connectivity index (χ3v) is 3.69. The summed E-state index contributed by atoms with van der Waals surface area (Å²) in [5, 5.41) is 0. The van der Waals surface area contributed by atoms with E-state index in [4.69, 9.17) is 5.73 Å². The number of hydrogen-bond donors (Lipinski definition) is 1. The molecule has 1 rings (SSSR count). The molecule has 0 aliphatic carbocycles. The molecular formula is C13H26N2O. The molecule has 16 heavy (non-hydrogen) atoms. The van der Waals surface area contributed by atoms with Crippen molar-refractivity contribution in [1.29, 1.82) is 0 Å². The quantitative estimate of drug-likeness (QED) is 0.797. The van der Waals surface area contributed by atoms with E-state index in [1.807, 2.05) is 11.8 Å². The Morgan fingerprint density at radius 2 is 1.94 bits per heavy atom. The highest BCUT2D eigenvalue weighted by Gasteiger charge is 2.29. The lowest BCUT2D eigenvalue weighted by Crippen LogP contribution is -2.43. The Kier molecular flexibility index (Phi) is 4.78. The van der Waals surface area contributed by atoms with Gasteiger partial charge in [0.05, 0.1) is 0 Å². The largest absolute Gasteiger partial charge is 0.342 e. The van der Waals surface area contributed by atoms with E-state index >= 15 is 0 Å². The van der Waals surface area contributed by atoms with Gasteiger partial charge in [-0.1, -0.05) is 20.8 Å². The summed E-state index contributed by atoms with van der Waals surface area (Å²) in [5.74, 6) is 0.466. The second-order valence-corrected chi connectivity index (χ2v) is 5.82. The maximum Gasteiger partial charge on any atom is 0.225 e. The maximum absolute atomic E-state index is 12.1. The molecule has 0 spiro atoms. The van der Waals surface area contributed by atoms with Gasteiger partial charge in [0.2, 0.25) is 5.91 Å². The van der Waals surface area contributed by atoms with Gasteiger partial charge in [0.25, 0.3) is 0 Å². The molecule has 1 amide bonds. The molecule has 3 nitrogen and oxygen atoms in total. The second kappa shape index (κ2) is 5.67. The van der Waals surface area contributed by atoms with Crippen LogP contribution in [0.5, 0.6) is 0 Å². The van der Waals surface area contributed by atoms with Gasteiger partial charge in [0.15, 0.2) is 0 Å². The lowest BCUT2D eigenvalue weighted by atomic mass is 9.82. The van der Waals surface area contributed by atoms with Crippen LogP contribution in [0.2, 0.25) is 0 Å². The number of nitrogens with zero attached hydrogens (tertiary/aromatic N) is 1. The molecule has 1 aliphatic heterocycles. The number of amides is 1. The Bertz CT molecular complexity index is 228. The second-order valence-electron chi connectivity index (χ2n) is 5.82. The fraction of sp³-hybridized carbons (Fsp3) is 0.923. The van der Waals surface area contributed by atoms with Gasteiger partial charge in [0, 0.05) is 19.0 Å². The van der Waals surface area contributed by atoms with Gasteiger partial charge >= 0.3 is 0 Å². The molecule has 0 saturated carbocycles. The molecule has 1 fully saturated rings. The third kappa shape index (κ3) is 3.78. The van der Waals surface area contributed by atoms with Crippen molar-refractivity contribution >= 4 is 5.91 Å². The highest BCUT2D eigenvalue weighted by atomic mass is 16.2. The first-order valence-electron chi connectivity index (χ1n) is 6.45. The molecule has 1 aliphatic rings. The summed E-state index contributed by atoms with van der Waals surface area (Å²) in [4.78, 5) is 14.1. The minimum absolute atomic E-state index is 0.143. The normalized spacial score (nSPS) is 21.9. The standard InChI is InChI=1S/C13H26N2O/c1-11(5-4-8-14)12(16)15-9-6-13(2,3)7-10-15/h11H,4-10,14H2,1-3H3. The zero-order valence-corrected chi connectivity index (χ0v) is 11.0. The Morgan fingerprint density at radius 3 is 2.44 bits per heavy atom. The Hall–Kier alpha value is -0.570. The van der Waals surface area contributed by atoms with Crippen molar-refractivity contribution in [3.05, 3.63) is 0 Å². The van der Waals surface area contributed by atoms with Gasteiger partial charge in [-0.15, -0.1) is 0 Å². The fourth-order valence-corrected chi connectivity index (χ4v) is 2.19. The van der Waals surface area contributed by atoms with Gasteiger partial charge in [-0.05, 0) is 37.6 Å². The molecule has 0 aromatic rings. The average Bonchev–Trinajstić information content (AvgIpc) is 2.25. The van der Waals surface area contributed by atoms with Crippen LogP contribution in [-0.2, 0) is 4.79 Å². The zero-order chi connectivity index (χ0) is 12.2. The Balaban J connectivity index is 2.38. The first-order valence-corrected chi connectivity index (χ1v) is 6.45. The molecule has 94 valence electrons. The molecule has 0 bridgehead atoms. The van der Waals surface area contributed by atoms with Crippen LogP contribution < -0.4 is 5.73 Å². The number of carbonyl (C=O) groups excluding carboxylic acids is 1. The molecule has 0 aromatic heterocycles. The molecular weight excluding hydrogens is 200 g/mol. The predicted octanol–water partition coefficient (Wildman–Crippen LogP) is 2.01. The lowest BCUT2D eigenvalue weighted by molar-refractivity contribution is -0.137. The van der Waals surface area contributed by atoms with E-state index in [0.717, 1.165) is 38.8 Å². The smallest absolute Gasteiger partial charge is 0.225 e. The van der Waals surface area contributed by atoms with Crippen LogP contribution in [0.4, 0.5) is 0 Å². The van der Waals surface area contributed by atoms with E-state index in [2.05, 4.69) is 13.8 Å². The van der Waals surface area contributed by atoms with Gasteiger partial charge in [0.1, 0.15) is 0 Å². The lowest BCUT2D eigenvalue weighted by Gasteiger charge is -2.38. The minimum atomic E-state index is 0.143. The summed E-state index contributed by atoms with van der Waals surface area (Å²) in [6.45, 7) is 9.14. The molecule has 0 radical (unpaired) electrons. The summed E-state index contributed by atoms with van der Waals surface area (Å²) in [6, 6.07) is 0. The first kappa shape index (κ1) is 13.5. The van der Waals surface area contributed by atoms with Crippen LogP contribution in [0.3, 0.4) is 0 Å². The van der Waals surface area contributed by atoms with E-state index < -0.39 is 0 Å². The summed E-state index contributed by atoms with van der Waals surface area (Å²) >= 11 is 0. The van der Waals surface area contributed by atoms with E-state index in [1.165, 1.54) is 0 Å². The molecule has 3 heteroatoms. The number of carbonyl (C=O) groups is 1. The first-order chi connectivity index (χ1) is 7.46. The molecule has 2 N–H and O–H groups in total. The molecule has 1 unspecified atom stereocenters. The van der Waals surface area contributed by atoms with Crippen molar-refractivity contribution in [2.75, 3.05) is 19.6 Å². The highest BCUT2D eigenvalue weighted by molar-refractivity contribution is 5.78. The number of piperidine rings is 1. The molecule has 1 atom stereocenters. The van der Waals surface area contributed by atoms with Crippen LogP contribution in [0.15, 0.2) is 0 Å². The number of likely N-dealkylation sites (tertiary alicyclic amines) is 1. The zero-order valence-electron chi connectivity index (χ0n) is 11.0. The van der Waals surface area contributed by atoms with Crippen molar-refractivity contribution < 1.29 is 4.79 Å². The topological polar surface area (TPSA) is 46.3 Å². The van der Waals surface area contributed by atoms with E-state index in [-0.39, 0.29) is 5.92 Å². The van der Waals surface area contributed by atoms with Gasteiger partial charge in [-0.25, -0.2) is 0 Å². The van der Waals surface area contributed by atoms with Crippen LogP contribution >= 0.6 is 0 Å². The number of hydrogen-bond acceptors (Lipinski definition) is 2. The van der Waals surface area contributed by atoms with Crippen LogP contribution in [0, 0.1) is 11.3 Å². The predicted molar refractivity (Wildman–Crippen MR) is 67.0 cm³/mol. The van der Waals surface area contributed by atoms with Crippen LogP contribution in [0.1, 0.15) is 46.5 Å². The van der Waals surface area contributed by atoms with Gasteiger partial charge in [-0.3, -0.25) is 4.79 Å². The average molecular weight is 226 g/mol. The third-order valence-electron chi connectivity index (χ3n) is 3.69. The van der Waals surface area contributed by atoms with Gasteiger partial charge in [-0.2, -0.15) is 0 Å². The van der Waals surface area contributed by atoms with Crippen molar-refractivity contribution in [1.82, 2.24) is 4.90 Å². The molecule has 1 heterocycles. The van der Waals surface area contributed by atoms with E-state index in [1.54, 1.807) is 0 Å². The monoisotopic (exact) mass is 226 g/mol. The summed E-state index contributed by atoms with van der Waals surface area (Å²) < 4.78 is 0. The van der Waals surface area contributed by atoms with Crippen LogP contribution in [0.25, 0.3) is 0 Å². The minimum Gasteiger partial charge on any atom is -0.342 e. The summed E-state index contributed by atoms with van der Waals surface area (Å²) in [7, 11) is 0. The fourth-order valence-electron chi connectivity index (χ4n) is 2.19. The number of rotatable bonds is 4. The molecule has 1 saturated heterocycles. The van der Waals surface area contributed by atoms with E-state index in [9.17, 15) is 4.79 Å². The van der Waals surface area contributed by atoms with Gasteiger partial charge < -0.3 is 10.6 Å². The number of nitrogens with two attached hydrogens (primary N) is 1. The van der Waals surface area contributed by atoms with Crippen LogP contribution in [-0.4, -0.2) is 30.4 Å². The summed E-state index contributed by atoms with van der Waals surface area (Å²) in [6.07, 6.45) is 4.13. The SMILES string of the molecule is CC(CCCN)C(=O)N1CCC(C)(C)CC1. The van der Waals surface area contributed by atoms with E-state index in [0.29, 0.717) is 17.9 Å². The van der Waals surface area contributed by atoms with Crippen molar-refractivity contribution in [3.8, 4) is 0 Å². The van der Waals surface area contributed by atoms with Crippen molar-refractivity contribution in [2.24, 2.45) is 17.1 Å². The van der Waals surface area contributed by atoms with Crippen molar-refractivity contribution in [3.63, 3.8) is 0 Å². The Labute approximate surface area is 99.4 Å². The highest BCUT2D eigenvalue weighted by Crippen LogP contribution is 2.30. The summed E-state index contributed by atoms with van der Waals surface area (Å²) in [5.41, 5.74) is 5.88. The maximum atomic E-state index is 12.1. The van der Waals surface area contributed by atoms with Crippen molar-refractivity contribution in [2.45, 2.75) is 46.5 Å². The Morgan fingerprint density at radius 1 is 1.38 bits per heavy atom. The molecule has 0 aromatic carbocycles.